The van der Waals surface area contributed by atoms with Crippen LogP contribution >= 0.6 is 0 Å². The Morgan fingerprint density at radius 3 is 2.21 bits per heavy atom. The van der Waals surface area contributed by atoms with Crippen molar-refractivity contribution in [2.24, 2.45) is 4.40 Å². The Balaban J connectivity index is 2.25. The minimum atomic E-state index is -3.67. The minimum Gasteiger partial charge on any atom is -0.497 e. The molecule has 2 aromatic rings. The second-order valence-corrected chi connectivity index (χ2v) is 5.43. The molecule has 2 aromatic carbocycles. The van der Waals surface area contributed by atoms with Crippen LogP contribution in [0.5, 0.6) is 5.75 Å². The Kier molecular flexibility index (Phi) is 3.97. The quantitative estimate of drug-likeness (QED) is 0.806. The lowest BCUT2D eigenvalue weighted by Gasteiger charge is -2.01. The van der Waals surface area contributed by atoms with E-state index < -0.39 is 10.0 Å². The van der Waals surface area contributed by atoms with Crippen molar-refractivity contribution in [3.8, 4) is 5.75 Å². The largest absolute Gasteiger partial charge is 0.497 e. The number of hydrogen-bond donors (Lipinski definition) is 0. The molecular formula is C14H13NO3S. The monoisotopic (exact) mass is 275 g/mol. The average molecular weight is 275 g/mol. The van der Waals surface area contributed by atoms with E-state index in [-0.39, 0.29) is 4.90 Å². The number of ether oxygens (including phenoxy) is 1. The molecule has 5 heteroatoms. The van der Waals surface area contributed by atoms with Crippen molar-refractivity contribution in [1.29, 1.82) is 0 Å². The molecule has 0 saturated heterocycles. The van der Waals surface area contributed by atoms with Crippen LogP contribution in [-0.4, -0.2) is 21.7 Å². The summed E-state index contributed by atoms with van der Waals surface area (Å²) in [5, 5.41) is 0. The van der Waals surface area contributed by atoms with Gasteiger partial charge >= 0.3 is 0 Å². The second kappa shape index (κ2) is 5.67. The van der Waals surface area contributed by atoms with Crippen molar-refractivity contribution in [1.82, 2.24) is 0 Å². The van der Waals surface area contributed by atoms with Gasteiger partial charge in [-0.25, -0.2) is 0 Å². The molecule has 0 spiro atoms. The van der Waals surface area contributed by atoms with Gasteiger partial charge in [-0.2, -0.15) is 12.8 Å². The summed E-state index contributed by atoms with van der Waals surface area (Å²) >= 11 is 0. The van der Waals surface area contributed by atoms with Crippen molar-refractivity contribution in [3.63, 3.8) is 0 Å². The van der Waals surface area contributed by atoms with Crippen molar-refractivity contribution >= 4 is 16.2 Å². The number of benzene rings is 2. The molecule has 0 aliphatic rings. The molecule has 0 saturated carbocycles. The molecular weight excluding hydrogens is 262 g/mol. The first-order valence-electron chi connectivity index (χ1n) is 5.61. The SMILES string of the molecule is COc1ccc(S(=O)(=O)/N=C/c2ccccc2)cc1. The van der Waals surface area contributed by atoms with Crippen LogP contribution < -0.4 is 4.74 Å². The molecule has 0 bridgehead atoms. The second-order valence-electron chi connectivity index (χ2n) is 3.80. The van der Waals surface area contributed by atoms with Crippen molar-refractivity contribution < 1.29 is 13.2 Å². The highest BCUT2D eigenvalue weighted by atomic mass is 32.2. The van der Waals surface area contributed by atoms with Crippen LogP contribution in [0.25, 0.3) is 0 Å². The predicted octanol–water partition coefficient (Wildman–Crippen LogP) is 2.50. The maximum atomic E-state index is 12.0. The first kappa shape index (κ1) is 13.3. The zero-order valence-electron chi connectivity index (χ0n) is 10.4. The molecule has 0 unspecified atom stereocenters. The van der Waals surface area contributed by atoms with E-state index in [0.717, 1.165) is 5.56 Å². The minimum absolute atomic E-state index is 0.139. The van der Waals surface area contributed by atoms with Crippen LogP contribution in [0.1, 0.15) is 5.56 Å². The van der Waals surface area contributed by atoms with E-state index in [1.54, 1.807) is 24.3 Å². The molecule has 0 N–H and O–H groups in total. The molecule has 0 fully saturated rings. The topological polar surface area (TPSA) is 55.7 Å². The van der Waals surface area contributed by atoms with Gasteiger partial charge in [0.05, 0.1) is 12.0 Å². The fraction of sp³-hybridized carbons (Fsp3) is 0.0714. The van der Waals surface area contributed by atoms with Gasteiger partial charge in [-0.15, -0.1) is 0 Å². The standard InChI is InChI=1S/C14H13NO3S/c1-18-13-7-9-14(10-8-13)19(16,17)15-11-12-5-3-2-4-6-12/h2-11H,1H3/b15-11+. The van der Waals surface area contributed by atoms with Crippen LogP contribution in [-0.2, 0) is 10.0 Å². The molecule has 2 rings (SSSR count). The highest BCUT2D eigenvalue weighted by Crippen LogP contribution is 2.17. The lowest BCUT2D eigenvalue weighted by molar-refractivity contribution is 0.414. The van der Waals surface area contributed by atoms with Crippen LogP contribution in [0.2, 0.25) is 0 Å². The van der Waals surface area contributed by atoms with Gasteiger partial charge in [-0.3, -0.25) is 0 Å². The summed E-state index contributed by atoms with van der Waals surface area (Å²) in [6.07, 6.45) is 1.33. The zero-order valence-corrected chi connectivity index (χ0v) is 11.2. The Labute approximate surface area is 112 Å². The summed E-state index contributed by atoms with van der Waals surface area (Å²) in [5.74, 6) is 0.603. The smallest absolute Gasteiger partial charge is 0.282 e. The van der Waals surface area contributed by atoms with E-state index in [1.807, 2.05) is 18.2 Å². The Hall–Kier alpha value is -2.14. The lowest BCUT2D eigenvalue weighted by atomic mass is 10.2. The van der Waals surface area contributed by atoms with Gasteiger partial charge in [-0.1, -0.05) is 30.3 Å². The van der Waals surface area contributed by atoms with Crippen LogP contribution in [0.3, 0.4) is 0 Å². The first-order chi connectivity index (χ1) is 9.12. The van der Waals surface area contributed by atoms with E-state index in [9.17, 15) is 8.42 Å². The van der Waals surface area contributed by atoms with E-state index in [2.05, 4.69) is 4.40 Å². The normalized spacial score (nSPS) is 11.6. The van der Waals surface area contributed by atoms with Gasteiger partial charge in [0.1, 0.15) is 5.75 Å². The van der Waals surface area contributed by atoms with Crippen molar-refractivity contribution in [2.45, 2.75) is 4.90 Å². The summed E-state index contributed by atoms with van der Waals surface area (Å²) in [6, 6.07) is 15.2. The van der Waals surface area contributed by atoms with Gasteiger partial charge in [0.15, 0.2) is 0 Å². The number of methoxy groups -OCH3 is 1. The van der Waals surface area contributed by atoms with Gasteiger partial charge < -0.3 is 4.74 Å². The molecule has 0 atom stereocenters. The van der Waals surface area contributed by atoms with E-state index in [0.29, 0.717) is 5.75 Å². The van der Waals surface area contributed by atoms with Crippen LogP contribution in [0, 0.1) is 0 Å². The molecule has 4 nitrogen and oxygen atoms in total. The summed E-state index contributed by atoms with van der Waals surface area (Å²) < 4.78 is 32.6. The molecule has 19 heavy (non-hydrogen) atoms. The van der Waals surface area contributed by atoms with Gasteiger partial charge in [0, 0.05) is 6.21 Å². The number of sulfonamides is 1. The third-order valence-corrected chi connectivity index (χ3v) is 3.75. The average Bonchev–Trinajstić information content (AvgIpc) is 2.46. The van der Waals surface area contributed by atoms with E-state index in [1.165, 1.54) is 25.5 Å². The summed E-state index contributed by atoms with van der Waals surface area (Å²) in [5.41, 5.74) is 0.736. The maximum absolute atomic E-state index is 12.0. The highest BCUT2D eigenvalue weighted by molar-refractivity contribution is 7.90. The van der Waals surface area contributed by atoms with Gasteiger partial charge in [0.25, 0.3) is 10.0 Å². The zero-order chi connectivity index (χ0) is 13.7. The molecule has 0 aliphatic carbocycles. The Morgan fingerprint density at radius 2 is 1.63 bits per heavy atom. The van der Waals surface area contributed by atoms with Gasteiger partial charge in [0.2, 0.25) is 0 Å². The summed E-state index contributed by atoms with van der Waals surface area (Å²) in [4.78, 5) is 0.139. The number of nitrogens with zero attached hydrogens (tertiary/aromatic N) is 1. The lowest BCUT2D eigenvalue weighted by Crippen LogP contribution is -1.97. The molecule has 0 aliphatic heterocycles. The first-order valence-corrected chi connectivity index (χ1v) is 7.05. The molecule has 98 valence electrons. The third-order valence-electron chi connectivity index (χ3n) is 2.50. The maximum Gasteiger partial charge on any atom is 0.282 e. The Morgan fingerprint density at radius 1 is 1.00 bits per heavy atom. The summed E-state index contributed by atoms with van der Waals surface area (Å²) in [6.45, 7) is 0. The van der Waals surface area contributed by atoms with Crippen molar-refractivity contribution in [3.05, 3.63) is 60.2 Å². The van der Waals surface area contributed by atoms with Gasteiger partial charge in [-0.05, 0) is 29.8 Å². The fourth-order valence-corrected chi connectivity index (χ4v) is 2.34. The fourth-order valence-electron chi connectivity index (χ4n) is 1.48. The molecule has 0 heterocycles. The Bertz CT molecular complexity index is 662. The third kappa shape index (κ3) is 3.42. The molecule has 0 amide bonds. The van der Waals surface area contributed by atoms with E-state index in [4.69, 9.17) is 4.74 Å². The number of hydrogen-bond acceptors (Lipinski definition) is 3. The van der Waals surface area contributed by atoms with Crippen LogP contribution in [0.15, 0.2) is 63.9 Å². The van der Waals surface area contributed by atoms with E-state index >= 15 is 0 Å². The summed E-state index contributed by atoms with van der Waals surface area (Å²) in [7, 11) is -2.14. The molecule has 0 radical (unpaired) electrons. The highest BCUT2D eigenvalue weighted by Gasteiger charge is 2.11. The number of rotatable bonds is 4. The van der Waals surface area contributed by atoms with Crippen molar-refractivity contribution in [2.75, 3.05) is 7.11 Å². The predicted molar refractivity (Wildman–Crippen MR) is 74.2 cm³/mol. The van der Waals surface area contributed by atoms with Crippen LogP contribution in [0.4, 0.5) is 0 Å². The molecule has 0 aromatic heterocycles.